The van der Waals surface area contributed by atoms with Gasteiger partial charge in [-0.3, -0.25) is 4.98 Å². The molecule has 0 spiro atoms. The van der Waals surface area contributed by atoms with E-state index in [0.29, 0.717) is 0 Å². The zero-order valence-electron chi connectivity index (χ0n) is 14.8. The third kappa shape index (κ3) is 6.36. The van der Waals surface area contributed by atoms with Gasteiger partial charge in [-0.15, -0.1) is 0 Å². The molecule has 2 heteroatoms. The van der Waals surface area contributed by atoms with Crippen LogP contribution in [0.1, 0.15) is 82.4 Å². The molecule has 2 nitrogen and oxygen atoms in total. The summed E-state index contributed by atoms with van der Waals surface area (Å²) in [5, 5.41) is 10.7. The molecule has 0 radical (unpaired) electrons. The Morgan fingerprint density at radius 3 is 2.57 bits per heavy atom. The van der Waals surface area contributed by atoms with E-state index in [4.69, 9.17) is 0 Å². The van der Waals surface area contributed by atoms with Crippen molar-refractivity contribution in [2.45, 2.75) is 83.7 Å². The van der Waals surface area contributed by atoms with Crippen molar-refractivity contribution >= 4 is 0 Å². The molecule has 23 heavy (non-hydrogen) atoms. The summed E-state index contributed by atoms with van der Waals surface area (Å²) in [6, 6.07) is 3.93. The van der Waals surface area contributed by atoms with Crippen molar-refractivity contribution in [2.75, 3.05) is 0 Å². The lowest BCUT2D eigenvalue weighted by molar-refractivity contribution is 0.0424. The summed E-state index contributed by atoms with van der Waals surface area (Å²) in [6.45, 7) is 4.23. The minimum absolute atomic E-state index is 0.788. The van der Waals surface area contributed by atoms with Crippen molar-refractivity contribution < 1.29 is 5.11 Å². The number of aliphatic hydroxyl groups is 1. The van der Waals surface area contributed by atoms with Crippen molar-refractivity contribution in [3.8, 4) is 11.8 Å². The van der Waals surface area contributed by atoms with Crippen LogP contribution in [0, 0.1) is 24.7 Å². The van der Waals surface area contributed by atoms with Crippen LogP contribution in [0.2, 0.25) is 0 Å². The molecule has 126 valence electrons. The summed E-state index contributed by atoms with van der Waals surface area (Å²) in [7, 11) is 0. The number of hydrogen-bond donors (Lipinski definition) is 1. The Bertz CT molecular complexity index is 515. The Morgan fingerprint density at radius 1 is 1.17 bits per heavy atom. The first kappa shape index (κ1) is 18.0. The number of pyridine rings is 1. The number of unbranched alkanes of at least 4 members (excludes halogenated alkanes) is 4. The van der Waals surface area contributed by atoms with E-state index >= 15 is 0 Å². The van der Waals surface area contributed by atoms with Crippen LogP contribution in [-0.4, -0.2) is 15.7 Å². The zero-order valence-corrected chi connectivity index (χ0v) is 14.8. The molecule has 0 saturated heterocycles. The molecule has 0 aromatic carbocycles. The molecule has 0 atom stereocenters. The maximum absolute atomic E-state index is 10.7. The highest BCUT2D eigenvalue weighted by Gasteiger charge is 2.31. The monoisotopic (exact) mass is 313 g/mol. The van der Waals surface area contributed by atoms with Gasteiger partial charge in [0.2, 0.25) is 0 Å². The third-order valence-electron chi connectivity index (χ3n) is 5.00. The molecule has 0 unspecified atom stereocenters. The van der Waals surface area contributed by atoms with Gasteiger partial charge in [0.05, 0.1) is 0 Å². The molecular formula is C21H31NO. The van der Waals surface area contributed by atoms with Crippen LogP contribution < -0.4 is 0 Å². The van der Waals surface area contributed by atoms with E-state index in [0.717, 1.165) is 42.9 Å². The van der Waals surface area contributed by atoms with Gasteiger partial charge in [0.15, 0.2) is 0 Å². The van der Waals surface area contributed by atoms with E-state index in [1.807, 2.05) is 19.1 Å². The van der Waals surface area contributed by atoms with Crippen LogP contribution in [-0.2, 0) is 0 Å². The Labute approximate surface area is 141 Å². The predicted molar refractivity (Wildman–Crippen MR) is 96.1 cm³/mol. The van der Waals surface area contributed by atoms with Crippen LogP contribution in [0.3, 0.4) is 0 Å². The molecule has 1 saturated carbocycles. The summed E-state index contributed by atoms with van der Waals surface area (Å²) in [6.07, 6.45) is 13.8. The maximum Gasteiger partial charge on any atom is 0.125 e. The highest BCUT2D eigenvalue weighted by molar-refractivity contribution is 5.35. The highest BCUT2D eigenvalue weighted by Crippen LogP contribution is 2.34. The lowest BCUT2D eigenvalue weighted by atomic mass is 9.77. The van der Waals surface area contributed by atoms with E-state index in [2.05, 4.69) is 23.7 Å². The second-order valence-corrected chi connectivity index (χ2v) is 7.12. The molecule has 1 aromatic heterocycles. The van der Waals surface area contributed by atoms with Gasteiger partial charge in [0.25, 0.3) is 0 Å². The van der Waals surface area contributed by atoms with Crippen molar-refractivity contribution in [1.29, 1.82) is 0 Å². The fourth-order valence-electron chi connectivity index (χ4n) is 3.34. The summed E-state index contributed by atoms with van der Waals surface area (Å²) < 4.78 is 0. The summed E-state index contributed by atoms with van der Waals surface area (Å²) in [5.41, 5.74) is 1.10. The van der Waals surface area contributed by atoms with Gasteiger partial charge < -0.3 is 5.11 Å². The average molecular weight is 313 g/mol. The molecule has 1 aromatic rings. The SMILES string of the molecule is CCCCCCCC1CCC(O)(C#Cc2ccc(C)nc2)CC1. The number of aromatic nitrogens is 1. The van der Waals surface area contributed by atoms with Crippen molar-refractivity contribution in [1.82, 2.24) is 4.98 Å². The fourth-order valence-corrected chi connectivity index (χ4v) is 3.34. The van der Waals surface area contributed by atoms with Gasteiger partial charge in [0.1, 0.15) is 5.60 Å². The van der Waals surface area contributed by atoms with E-state index in [1.165, 1.54) is 38.5 Å². The number of nitrogens with zero attached hydrogens (tertiary/aromatic N) is 1. The van der Waals surface area contributed by atoms with Gasteiger partial charge in [-0.05, 0) is 50.7 Å². The normalized spacial score (nSPS) is 24.0. The van der Waals surface area contributed by atoms with Crippen LogP contribution in [0.4, 0.5) is 0 Å². The van der Waals surface area contributed by atoms with E-state index in [9.17, 15) is 5.11 Å². The minimum atomic E-state index is -0.788. The Hall–Kier alpha value is -1.33. The van der Waals surface area contributed by atoms with Gasteiger partial charge in [0, 0.05) is 17.5 Å². The first-order valence-electron chi connectivity index (χ1n) is 9.29. The molecule has 0 aliphatic heterocycles. The molecule has 1 N–H and O–H groups in total. The van der Waals surface area contributed by atoms with Crippen molar-refractivity contribution in [3.63, 3.8) is 0 Å². The Balaban J connectivity index is 1.75. The van der Waals surface area contributed by atoms with E-state index < -0.39 is 5.60 Å². The topological polar surface area (TPSA) is 33.1 Å². The molecular weight excluding hydrogens is 282 g/mol. The number of hydrogen-bond acceptors (Lipinski definition) is 2. The summed E-state index contributed by atoms with van der Waals surface area (Å²) in [5.74, 6) is 7.00. The van der Waals surface area contributed by atoms with E-state index in [-0.39, 0.29) is 0 Å². The predicted octanol–water partition coefficient (Wildman–Crippen LogP) is 5.02. The number of aryl methyl sites for hydroxylation is 1. The van der Waals surface area contributed by atoms with Gasteiger partial charge in [-0.2, -0.15) is 0 Å². The fraction of sp³-hybridized carbons (Fsp3) is 0.667. The maximum atomic E-state index is 10.7. The van der Waals surface area contributed by atoms with Crippen LogP contribution in [0.5, 0.6) is 0 Å². The van der Waals surface area contributed by atoms with Crippen molar-refractivity contribution in [2.24, 2.45) is 5.92 Å². The molecule has 1 aliphatic carbocycles. The molecule has 2 rings (SSSR count). The van der Waals surface area contributed by atoms with E-state index in [1.54, 1.807) is 6.20 Å². The van der Waals surface area contributed by atoms with Crippen LogP contribution in [0.25, 0.3) is 0 Å². The van der Waals surface area contributed by atoms with Crippen LogP contribution >= 0.6 is 0 Å². The second kappa shape index (κ2) is 9.08. The average Bonchev–Trinajstić information content (AvgIpc) is 2.56. The molecule has 0 amide bonds. The lowest BCUT2D eigenvalue weighted by Crippen LogP contribution is -2.32. The lowest BCUT2D eigenvalue weighted by Gasteiger charge is -2.32. The molecule has 1 fully saturated rings. The third-order valence-corrected chi connectivity index (χ3v) is 5.00. The van der Waals surface area contributed by atoms with Crippen LogP contribution in [0.15, 0.2) is 18.3 Å². The Kier molecular flexibility index (Phi) is 7.12. The quantitative estimate of drug-likeness (QED) is 0.590. The second-order valence-electron chi connectivity index (χ2n) is 7.12. The molecule has 1 aliphatic rings. The molecule has 1 heterocycles. The first-order valence-corrected chi connectivity index (χ1v) is 9.29. The van der Waals surface area contributed by atoms with Gasteiger partial charge >= 0.3 is 0 Å². The first-order chi connectivity index (χ1) is 11.1. The van der Waals surface area contributed by atoms with Crippen molar-refractivity contribution in [3.05, 3.63) is 29.6 Å². The van der Waals surface area contributed by atoms with Gasteiger partial charge in [-0.25, -0.2) is 0 Å². The summed E-state index contributed by atoms with van der Waals surface area (Å²) in [4.78, 5) is 4.25. The standard InChI is InChI=1S/C21H31NO/c1-3-4-5-6-7-8-19-11-14-21(23,15-12-19)16-13-20-10-9-18(2)22-17-20/h9-10,17,19,23H,3-8,11-12,14-15H2,1-2H3. The number of rotatable bonds is 6. The highest BCUT2D eigenvalue weighted by atomic mass is 16.3. The summed E-state index contributed by atoms with van der Waals surface area (Å²) >= 11 is 0. The zero-order chi connectivity index (χ0) is 16.5. The molecule has 0 bridgehead atoms. The smallest absolute Gasteiger partial charge is 0.125 e. The van der Waals surface area contributed by atoms with Gasteiger partial charge in [-0.1, -0.05) is 57.3 Å². The minimum Gasteiger partial charge on any atom is -0.378 e. The largest absolute Gasteiger partial charge is 0.378 e. The Morgan fingerprint density at radius 2 is 1.91 bits per heavy atom.